The Morgan fingerprint density at radius 3 is 2.62 bits per heavy atom. The summed E-state index contributed by atoms with van der Waals surface area (Å²) in [5.41, 5.74) is 1.12. The lowest BCUT2D eigenvalue weighted by Crippen LogP contribution is -2.58. The van der Waals surface area contributed by atoms with Gasteiger partial charge >= 0.3 is 5.69 Å². The number of para-hydroxylation sites is 1. The van der Waals surface area contributed by atoms with Crippen molar-refractivity contribution in [2.45, 2.75) is 39.3 Å². The topological polar surface area (TPSA) is 76.4 Å². The molecule has 2 unspecified atom stereocenters. The number of benzene rings is 1. The molecule has 0 saturated heterocycles. The number of hydrogen-bond acceptors (Lipinski definition) is 5. The summed E-state index contributed by atoms with van der Waals surface area (Å²) >= 11 is 0. The highest BCUT2D eigenvalue weighted by Gasteiger charge is 2.49. The second kappa shape index (κ2) is 5.89. The van der Waals surface area contributed by atoms with Gasteiger partial charge in [-0.05, 0) is 25.5 Å². The molecule has 1 aliphatic rings. The highest BCUT2D eigenvalue weighted by molar-refractivity contribution is 5.76. The molecule has 1 fully saturated rings. The summed E-state index contributed by atoms with van der Waals surface area (Å²) < 4.78 is 5.70. The Morgan fingerprint density at radius 2 is 2.10 bits per heavy atom. The predicted molar refractivity (Wildman–Crippen MR) is 83.9 cm³/mol. The van der Waals surface area contributed by atoms with Crippen molar-refractivity contribution in [1.29, 1.82) is 0 Å². The van der Waals surface area contributed by atoms with Gasteiger partial charge in [0.05, 0.1) is 11.0 Å². The van der Waals surface area contributed by atoms with Gasteiger partial charge in [0.15, 0.2) is 0 Å². The van der Waals surface area contributed by atoms with E-state index in [1.54, 1.807) is 19.2 Å². The third kappa shape index (κ3) is 2.81. The van der Waals surface area contributed by atoms with Gasteiger partial charge in [0.1, 0.15) is 11.4 Å². The van der Waals surface area contributed by atoms with E-state index in [4.69, 9.17) is 4.74 Å². The van der Waals surface area contributed by atoms with Gasteiger partial charge in [-0.15, -0.1) is 0 Å². The largest absolute Gasteiger partial charge is 0.382 e. The Kier molecular flexibility index (Phi) is 4.37. The van der Waals surface area contributed by atoms with Crippen molar-refractivity contribution in [2.24, 2.45) is 5.41 Å². The van der Waals surface area contributed by atoms with Crippen LogP contribution in [0, 0.1) is 15.5 Å². The van der Waals surface area contributed by atoms with Gasteiger partial charge in [-0.1, -0.05) is 19.9 Å². The molecule has 0 spiro atoms. The minimum Gasteiger partial charge on any atom is -0.382 e. The van der Waals surface area contributed by atoms with Crippen molar-refractivity contribution in [2.75, 3.05) is 24.3 Å². The molecule has 1 aliphatic carbocycles. The first-order valence-corrected chi connectivity index (χ1v) is 7.25. The number of nitro groups is 1. The minimum absolute atomic E-state index is 0.0421. The molecule has 0 amide bonds. The molecule has 0 radical (unpaired) electrons. The first-order chi connectivity index (χ1) is 9.91. The molecule has 0 aliphatic heterocycles. The fraction of sp³-hybridized carbons (Fsp3) is 0.600. The first-order valence-electron chi connectivity index (χ1n) is 7.25. The van der Waals surface area contributed by atoms with E-state index in [1.165, 1.54) is 0 Å². The van der Waals surface area contributed by atoms with E-state index < -0.39 is 0 Å². The predicted octanol–water partition coefficient (Wildman–Crippen LogP) is 3.25. The summed E-state index contributed by atoms with van der Waals surface area (Å²) in [6, 6.07) is 5.44. The second-order valence-electron chi connectivity index (χ2n) is 5.91. The molecular formula is C15H23N3O3. The third-order valence-corrected chi connectivity index (χ3v) is 4.36. The van der Waals surface area contributed by atoms with Crippen molar-refractivity contribution in [3.05, 3.63) is 28.3 Å². The molecule has 2 N–H and O–H groups in total. The Morgan fingerprint density at radius 1 is 1.43 bits per heavy atom. The van der Waals surface area contributed by atoms with Crippen LogP contribution in [0.1, 0.15) is 27.2 Å². The van der Waals surface area contributed by atoms with Crippen molar-refractivity contribution < 1.29 is 9.66 Å². The summed E-state index contributed by atoms with van der Waals surface area (Å²) in [6.45, 7) is 6.93. The maximum atomic E-state index is 11.3. The van der Waals surface area contributed by atoms with Crippen LogP contribution in [0.3, 0.4) is 0 Å². The van der Waals surface area contributed by atoms with E-state index in [9.17, 15) is 10.1 Å². The lowest BCUT2D eigenvalue weighted by atomic mass is 9.64. The Bertz CT molecular complexity index is 531. The highest BCUT2D eigenvalue weighted by Crippen LogP contribution is 2.45. The lowest BCUT2D eigenvalue weighted by molar-refractivity contribution is -0.383. The molecule has 21 heavy (non-hydrogen) atoms. The smallest absolute Gasteiger partial charge is 0.315 e. The molecule has 0 aromatic heterocycles. The summed E-state index contributed by atoms with van der Waals surface area (Å²) in [6.07, 6.45) is 1.06. The third-order valence-electron chi connectivity index (χ3n) is 4.36. The van der Waals surface area contributed by atoms with Crippen LogP contribution in [0.25, 0.3) is 0 Å². The van der Waals surface area contributed by atoms with Gasteiger partial charge in [0.2, 0.25) is 0 Å². The van der Waals surface area contributed by atoms with Crippen LogP contribution in [0.2, 0.25) is 0 Å². The Hall–Kier alpha value is -1.82. The zero-order chi connectivity index (χ0) is 15.6. The van der Waals surface area contributed by atoms with Crippen molar-refractivity contribution >= 4 is 17.1 Å². The van der Waals surface area contributed by atoms with Gasteiger partial charge in [0.25, 0.3) is 0 Å². The number of nitro benzene ring substituents is 1. The molecule has 2 atom stereocenters. The van der Waals surface area contributed by atoms with Gasteiger partial charge in [-0.3, -0.25) is 10.1 Å². The van der Waals surface area contributed by atoms with Crippen LogP contribution in [-0.2, 0) is 4.74 Å². The van der Waals surface area contributed by atoms with Crippen LogP contribution in [-0.4, -0.2) is 30.7 Å². The molecule has 6 nitrogen and oxygen atoms in total. The average molecular weight is 293 g/mol. The average Bonchev–Trinajstić information content (AvgIpc) is 2.45. The number of anilines is 2. The number of hydrogen-bond donors (Lipinski definition) is 2. The number of nitrogens with zero attached hydrogens (tertiary/aromatic N) is 1. The van der Waals surface area contributed by atoms with E-state index in [1.807, 2.05) is 13.0 Å². The molecule has 6 heteroatoms. The standard InChI is InChI=1S/C15H23N3O3/c1-5-21-13-9-12(15(13,2)3)17-11-8-6-7-10(16-4)14(11)18(19)20/h6-8,12-13,16-17H,5,9H2,1-4H3. The number of nitrogens with one attached hydrogen (secondary N) is 2. The number of rotatable bonds is 6. The van der Waals surface area contributed by atoms with Crippen LogP contribution in [0.15, 0.2) is 18.2 Å². The second-order valence-corrected chi connectivity index (χ2v) is 5.91. The van der Waals surface area contributed by atoms with Crippen LogP contribution in [0.4, 0.5) is 17.1 Å². The van der Waals surface area contributed by atoms with Crippen LogP contribution >= 0.6 is 0 Å². The molecule has 0 heterocycles. The fourth-order valence-corrected chi connectivity index (χ4v) is 2.86. The fourth-order valence-electron chi connectivity index (χ4n) is 2.86. The monoisotopic (exact) mass is 293 g/mol. The van der Waals surface area contributed by atoms with Gasteiger partial charge in [0, 0.05) is 25.1 Å². The van der Waals surface area contributed by atoms with Crippen molar-refractivity contribution in [3.63, 3.8) is 0 Å². The molecule has 0 bridgehead atoms. The Labute approximate surface area is 125 Å². The molecular weight excluding hydrogens is 270 g/mol. The van der Waals surface area contributed by atoms with Crippen LogP contribution in [0.5, 0.6) is 0 Å². The summed E-state index contributed by atoms with van der Waals surface area (Å²) in [5.74, 6) is 0. The van der Waals surface area contributed by atoms with Gasteiger partial charge < -0.3 is 15.4 Å². The van der Waals surface area contributed by atoms with E-state index in [0.29, 0.717) is 18.0 Å². The zero-order valence-corrected chi connectivity index (χ0v) is 13.0. The molecule has 1 saturated carbocycles. The quantitative estimate of drug-likeness (QED) is 0.622. The summed E-state index contributed by atoms with van der Waals surface area (Å²) in [5, 5.41) is 17.5. The van der Waals surface area contributed by atoms with Crippen LogP contribution < -0.4 is 10.6 Å². The zero-order valence-electron chi connectivity index (χ0n) is 13.0. The van der Waals surface area contributed by atoms with E-state index in [2.05, 4.69) is 24.5 Å². The van der Waals surface area contributed by atoms with E-state index >= 15 is 0 Å². The molecule has 116 valence electrons. The van der Waals surface area contributed by atoms with Crippen molar-refractivity contribution in [3.8, 4) is 0 Å². The summed E-state index contributed by atoms with van der Waals surface area (Å²) in [4.78, 5) is 11.0. The lowest BCUT2D eigenvalue weighted by Gasteiger charge is -2.51. The SMILES string of the molecule is CCOC1CC(Nc2cccc(NC)c2[N+](=O)[O-])C1(C)C. The maximum absolute atomic E-state index is 11.3. The normalized spacial score (nSPS) is 23.2. The minimum atomic E-state index is -0.347. The Balaban J connectivity index is 2.20. The summed E-state index contributed by atoms with van der Waals surface area (Å²) in [7, 11) is 1.69. The molecule has 2 rings (SSSR count). The highest BCUT2D eigenvalue weighted by atomic mass is 16.6. The number of ether oxygens (including phenoxy) is 1. The van der Waals surface area contributed by atoms with Crippen molar-refractivity contribution in [1.82, 2.24) is 0 Å². The molecule has 1 aromatic rings. The van der Waals surface area contributed by atoms with E-state index in [0.717, 1.165) is 6.42 Å². The van der Waals surface area contributed by atoms with Gasteiger partial charge in [-0.25, -0.2) is 0 Å². The maximum Gasteiger partial charge on any atom is 0.315 e. The van der Waals surface area contributed by atoms with E-state index in [-0.39, 0.29) is 28.2 Å². The van der Waals surface area contributed by atoms with Gasteiger partial charge in [-0.2, -0.15) is 0 Å². The molecule has 1 aromatic carbocycles. The first kappa shape index (κ1) is 15.6.